The van der Waals surface area contributed by atoms with Gasteiger partial charge in [0, 0.05) is 31.6 Å². The lowest BCUT2D eigenvalue weighted by atomic mass is 10.0. The summed E-state index contributed by atoms with van der Waals surface area (Å²) in [5.41, 5.74) is 5.22. The molecule has 0 unspecified atom stereocenters. The molecule has 1 aromatic rings. The number of hydrazone groups is 1. The topological polar surface area (TPSA) is 74.2 Å². The van der Waals surface area contributed by atoms with Crippen molar-refractivity contribution >= 4 is 18.5 Å². The Kier molecular flexibility index (Phi) is 8.42. The Labute approximate surface area is 139 Å². The van der Waals surface area contributed by atoms with Gasteiger partial charge in [0.25, 0.3) is 0 Å². The fourth-order valence-corrected chi connectivity index (χ4v) is 2.08. The van der Waals surface area contributed by atoms with Gasteiger partial charge in [-0.05, 0) is 32.8 Å². The van der Waals surface area contributed by atoms with Crippen LogP contribution in [0.2, 0.25) is 0 Å². The number of rotatable bonds is 10. The first-order valence-corrected chi connectivity index (χ1v) is 7.99. The van der Waals surface area contributed by atoms with Crippen molar-refractivity contribution in [3.63, 3.8) is 0 Å². The summed E-state index contributed by atoms with van der Waals surface area (Å²) in [5.74, 6) is 1.74. The molecule has 0 aliphatic heterocycles. The highest BCUT2D eigenvalue weighted by Gasteiger charge is 2.09. The van der Waals surface area contributed by atoms with Crippen LogP contribution in [-0.2, 0) is 0 Å². The fraction of sp³-hybridized carbons (Fsp3) is 0.471. The molecule has 126 valence electrons. The third-order valence-corrected chi connectivity index (χ3v) is 3.44. The highest BCUT2D eigenvalue weighted by atomic mass is 15.3. The normalized spacial score (nSPS) is 11.1. The Morgan fingerprint density at radius 3 is 2.70 bits per heavy atom. The first kappa shape index (κ1) is 18.7. The smallest absolute Gasteiger partial charge is 0.224 e. The SMILES string of the molecule is C=NN/C(=C\Nc1ccnc(NCC=C(C)C)n1)C(CC)CC. The van der Waals surface area contributed by atoms with Gasteiger partial charge >= 0.3 is 0 Å². The maximum Gasteiger partial charge on any atom is 0.224 e. The van der Waals surface area contributed by atoms with Gasteiger partial charge in [-0.3, -0.25) is 5.43 Å². The van der Waals surface area contributed by atoms with Crippen LogP contribution in [0.1, 0.15) is 40.5 Å². The highest BCUT2D eigenvalue weighted by molar-refractivity contribution is 5.42. The van der Waals surface area contributed by atoms with Crippen molar-refractivity contribution in [1.29, 1.82) is 0 Å². The minimum atomic E-state index is 0.407. The molecule has 6 nitrogen and oxygen atoms in total. The van der Waals surface area contributed by atoms with Crippen molar-refractivity contribution in [3.05, 3.63) is 35.8 Å². The van der Waals surface area contributed by atoms with E-state index >= 15 is 0 Å². The van der Waals surface area contributed by atoms with Crippen molar-refractivity contribution in [2.75, 3.05) is 17.2 Å². The molecule has 1 rings (SSSR count). The molecule has 1 heterocycles. The Balaban J connectivity index is 2.76. The summed E-state index contributed by atoms with van der Waals surface area (Å²) in [6.07, 6.45) is 7.78. The number of hydrogen-bond donors (Lipinski definition) is 3. The van der Waals surface area contributed by atoms with Gasteiger partial charge in [0.1, 0.15) is 5.82 Å². The molecule has 0 radical (unpaired) electrons. The average molecular weight is 316 g/mol. The van der Waals surface area contributed by atoms with E-state index in [-0.39, 0.29) is 0 Å². The Hall–Kier alpha value is -2.37. The van der Waals surface area contributed by atoms with E-state index in [0.717, 1.165) is 24.4 Å². The van der Waals surface area contributed by atoms with Gasteiger partial charge in [0.2, 0.25) is 5.95 Å². The van der Waals surface area contributed by atoms with Gasteiger partial charge in [-0.1, -0.05) is 25.5 Å². The van der Waals surface area contributed by atoms with E-state index in [9.17, 15) is 0 Å². The molecular formula is C17H28N6. The zero-order chi connectivity index (χ0) is 17.1. The van der Waals surface area contributed by atoms with Crippen LogP contribution in [0.4, 0.5) is 11.8 Å². The van der Waals surface area contributed by atoms with Crippen molar-refractivity contribution in [2.24, 2.45) is 11.0 Å². The summed E-state index contributed by atoms with van der Waals surface area (Å²) in [5, 5.41) is 10.2. The maximum absolute atomic E-state index is 4.43. The average Bonchev–Trinajstić information content (AvgIpc) is 2.53. The maximum atomic E-state index is 4.43. The zero-order valence-electron chi connectivity index (χ0n) is 14.6. The van der Waals surface area contributed by atoms with E-state index in [1.54, 1.807) is 6.20 Å². The largest absolute Gasteiger partial charge is 0.351 e. The Bertz CT molecular complexity index is 542. The minimum absolute atomic E-state index is 0.407. The van der Waals surface area contributed by atoms with E-state index in [4.69, 9.17) is 0 Å². The second-order valence-electron chi connectivity index (χ2n) is 5.46. The standard InChI is InChI=1S/C17H28N6/c1-6-14(7-2)15(23-18-5)12-21-16-9-11-20-17(22-16)19-10-8-13(3)4/h8-9,11-12,14,23H,5-7,10H2,1-4H3,(H2,19,20,21,22)/b15-12-. The third kappa shape index (κ3) is 6.95. The van der Waals surface area contributed by atoms with Crippen LogP contribution < -0.4 is 16.1 Å². The molecule has 0 bridgehead atoms. The second-order valence-corrected chi connectivity index (χ2v) is 5.46. The molecule has 0 atom stereocenters. The van der Waals surface area contributed by atoms with E-state index < -0.39 is 0 Å². The first-order chi connectivity index (χ1) is 11.1. The molecule has 0 fully saturated rings. The molecule has 0 aliphatic rings. The van der Waals surface area contributed by atoms with Gasteiger partial charge in [-0.25, -0.2) is 4.98 Å². The first-order valence-electron chi connectivity index (χ1n) is 7.99. The Morgan fingerprint density at radius 2 is 2.09 bits per heavy atom. The highest BCUT2D eigenvalue weighted by Crippen LogP contribution is 2.17. The van der Waals surface area contributed by atoms with E-state index in [0.29, 0.717) is 18.4 Å². The predicted octanol–water partition coefficient (Wildman–Crippen LogP) is 3.75. The van der Waals surface area contributed by atoms with Crippen LogP contribution in [-0.4, -0.2) is 23.2 Å². The number of allylic oxidation sites excluding steroid dienone is 2. The lowest BCUT2D eigenvalue weighted by Crippen LogP contribution is -2.16. The molecule has 0 aliphatic carbocycles. The van der Waals surface area contributed by atoms with Crippen molar-refractivity contribution in [3.8, 4) is 0 Å². The van der Waals surface area contributed by atoms with Gasteiger partial charge in [-0.2, -0.15) is 10.1 Å². The van der Waals surface area contributed by atoms with E-state index in [1.165, 1.54) is 5.57 Å². The number of nitrogens with one attached hydrogen (secondary N) is 3. The van der Waals surface area contributed by atoms with Gasteiger partial charge < -0.3 is 10.6 Å². The lowest BCUT2D eigenvalue weighted by Gasteiger charge is -2.16. The van der Waals surface area contributed by atoms with Crippen molar-refractivity contribution < 1.29 is 0 Å². The molecule has 6 heteroatoms. The van der Waals surface area contributed by atoms with Gasteiger partial charge in [0.05, 0.1) is 5.70 Å². The molecule has 0 amide bonds. The molecule has 23 heavy (non-hydrogen) atoms. The molecular weight excluding hydrogens is 288 g/mol. The fourth-order valence-electron chi connectivity index (χ4n) is 2.08. The molecule has 3 N–H and O–H groups in total. The predicted molar refractivity (Wildman–Crippen MR) is 98.4 cm³/mol. The zero-order valence-corrected chi connectivity index (χ0v) is 14.6. The van der Waals surface area contributed by atoms with Crippen LogP contribution in [0.15, 0.2) is 40.9 Å². The van der Waals surface area contributed by atoms with Crippen molar-refractivity contribution in [2.45, 2.75) is 40.5 Å². The molecule has 0 aromatic carbocycles. The number of nitrogens with zero attached hydrogens (tertiary/aromatic N) is 3. The van der Waals surface area contributed by atoms with Crippen LogP contribution in [0.3, 0.4) is 0 Å². The lowest BCUT2D eigenvalue weighted by molar-refractivity contribution is 0.532. The van der Waals surface area contributed by atoms with Gasteiger partial charge in [-0.15, -0.1) is 0 Å². The van der Waals surface area contributed by atoms with E-state index in [2.05, 4.69) is 71.6 Å². The summed E-state index contributed by atoms with van der Waals surface area (Å²) in [4.78, 5) is 8.64. The molecule has 0 saturated heterocycles. The summed E-state index contributed by atoms with van der Waals surface area (Å²) < 4.78 is 0. The summed E-state index contributed by atoms with van der Waals surface area (Å²) >= 11 is 0. The van der Waals surface area contributed by atoms with Crippen LogP contribution in [0.5, 0.6) is 0 Å². The van der Waals surface area contributed by atoms with E-state index in [1.807, 2.05) is 12.3 Å². The summed E-state index contributed by atoms with van der Waals surface area (Å²) in [6, 6.07) is 1.83. The minimum Gasteiger partial charge on any atom is -0.351 e. The number of hydrogen-bond acceptors (Lipinski definition) is 6. The number of anilines is 2. The number of aromatic nitrogens is 2. The Morgan fingerprint density at radius 1 is 1.35 bits per heavy atom. The van der Waals surface area contributed by atoms with Crippen LogP contribution in [0, 0.1) is 5.92 Å². The molecule has 0 saturated carbocycles. The second kappa shape index (κ2) is 10.4. The summed E-state index contributed by atoms with van der Waals surface area (Å²) in [7, 11) is 0. The van der Waals surface area contributed by atoms with Crippen LogP contribution in [0.25, 0.3) is 0 Å². The van der Waals surface area contributed by atoms with Gasteiger partial charge in [0.15, 0.2) is 0 Å². The van der Waals surface area contributed by atoms with Crippen LogP contribution >= 0.6 is 0 Å². The molecule has 1 aromatic heterocycles. The van der Waals surface area contributed by atoms with Crippen molar-refractivity contribution in [1.82, 2.24) is 15.4 Å². The monoisotopic (exact) mass is 316 g/mol. The molecule has 0 spiro atoms. The quantitative estimate of drug-likeness (QED) is 0.348. The third-order valence-electron chi connectivity index (χ3n) is 3.44. The summed E-state index contributed by atoms with van der Waals surface area (Å²) in [6.45, 7) is 12.6.